The van der Waals surface area contributed by atoms with E-state index < -0.39 is 17.6 Å². The zero-order chi connectivity index (χ0) is 14.0. The molecule has 0 spiro atoms. The van der Waals surface area contributed by atoms with E-state index in [0.29, 0.717) is 17.8 Å². The average Bonchev–Trinajstić information content (AvgIpc) is 2.65. The van der Waals surface area contributed by atoms with Crippen LogP contribution in [0.25, 0.3) is 11.0 Å². The van der Waals surface area contributed by atoms with E-state index in [9.17, 15) is 13.6 Å². The Kier molecular flexibility index (Phi) is 3.78. The van der Waals surface area contributed by atoms with Crippen LogP contribution >= 0.6 is 0 Å². The van der Waals surface area contributed by atoms with Crippen molar-refractivity contribution in [1.82, 2.24) is 9.55 Å². The molecule has 1 aromatic heterocycles. The van der Waals surface area contributed by atoms with Crippen LogP contribution in [0.1, 0.15) is 25.6 Å². The average molecular weight is 268 g/mol. The molecule has 0 amide bonds. The predicted octanol–water partition coefficient (Wildman–Crippen LogP) is 2.74. The highest BCUT2D eigenvalue weighted by Gasteiger charge is 2.15. The Bertz CT molecular complexity index is 623. The number of carboxylic acid groups (broad SMARTS) is 1. The Morgan fingerprint density at radius 1 is 1.37 bits per heavy atom. The first-order valence-electron chi connectivity index (χ1n) is 6.09. The van der Waals surface area contributed by atoms with Gasteiger partial charge in [0.05, 0.1) is 11.0 Å². The number of carbonyl (C=O) groups is 1. The highest BCUT2D eigenvalue weighted by atomic mass is 19.2. The number of imidazole rings is 1. The number of hydrogen-bond donors (Lipinski definition) is 1. The number of rotatable bonds is 5. The number of aryl methyl sites for hydroxylation is 1. The van der Waals surface area contributed by atoms with Gasteiger partial charge in [-0.15, -0.1) is 0 Å². The van der Waals surface area contributed by atoms with Gasteiger partial charge in [-0.3, -0.25) is 4.79 Å². The summed E-state index contributed by atoms with van der Waals surface area (Å²) < 4.78 is 27.9. The van der Waals surface area contributed by atoms with Gasteiger partial charge in [-0.25, -0.2) is 13.8 Å². The summed E-state index contributed by atoms with van der Waals surface area (Å²) in [7, 11) is 0. The molecule has 0 radical (unpaired) electrons. The van der Waals surface area contributed by atoms with E-state index in [1.165, 1.54) is 4.57 Å². The Morgan fingerprint density at radius 3 is 2.68 bits per heavy atom. The number of aromatic nitrogens is 2. The molecule has 0 saturated heterocycles. The van der Waals surface area contributed by atoms with E-state index in [0.717, 1.165) is 25.0 Å². The molecule has 0 unspecified atom stereocenters. The minimum atomic E-state index is -1.04. The molecule has 1 N–H and O–H groups in total. The number of aliphatic carboxylic acids is 1. The van der Waals surface area contributed by atoms with Crippen molar-refractivity contribution in [2.45, 2.75) is 32.7 Å². The lowest BCUT2D eigenvalue weighted by Gasteiger charge is -2.05. The second-order valence-electron chi connectivity index (χ2n) is 4.37. The van der Waals surface area contributed by atoms with Gasteiger partial charge in [-0.1, -0.05) is 13.3 Å². The SMILES string of the molecule is CCCCc1nc2cc(F)c(F)cc2n1CC(=O)O. The Morgan fingerprint density at radius 2 is 2.05 bits per heavy atom. The molecule has 0 atom stereocenters. The molecule has 0 fully saturated rings. The third-order valence-corrected chi connectivity index (χ3v) is 2.92. The van der Waals surface area contributed by atoms with Gasteiger partial charge in [0.25, 0.3) is 0 Å². The molecule has 2 rings (SSSR count). The minimum absolute atomic E-state index is 0.284. The quantitative estimate of drug-likeness (QED) is 0.907. The van der Waals surface area contributed by atoms with Crippen LogP contribution in [0.3, 0.4) is 0 Å². The van der Waals surface area contributed by atoms with Crippen LogP contribution in [-0.2, 0) is 17.8 Å². The van der Waals surface area contributed by atoms with Gasteiger partial charge in [0.1, 0.15) is 12.4 Å². The van der Waals surface area contributed by atoms with Crippen LogP contribution in [0.4, 0.5) is 8.78 Å². The Balaban J connectivity index is 2.55. The summed E-state index contributed by atoms with van der Waals surface area (Å²) in [6.07, 6.45) is 2.36. The first kappa shape index (κ1) is 13.5. The molecular formula is C13H14F2N2O2. The molecule has 1 aromatic carbocycles. The van der Waals surface area contributed by atoms with Crippen molar-refractivity contribution in [3.05, 3.63) is 29.6 Å². The van der Waals surface area contributed by atoms with Crippen molar-refractivity contribution in [3.63, 3.8) is 0 Å². The molecule has 4 nitrogen and oxygen atoms in total. The lowest BCUT2D eigenvalue weighted by molar-refractivity contribution is -0.137. The highest BCUT2D eigenvalue weighted by Crippen LogP contribution is 2.21. The highest BCUT2D eigenvalue weighted by molar-refractivity contribution is 5.78. The topological polar surface area (TPSA) is 55.1 Å². The summed E-state index contributed by atoms with van der Waals surface area (Å²) in [4.78, 5) is 15.1. The van der Waals surface area contributed by atoms with E-state index in [2.05, 4.69) is 4.98 Å². The first-order chi connectivity index (χ1) is 9.02. The number of benzene rings is 1. The predicted molar refractivity (Wildman–Crippen MR) is 65.9 cm³/mol. The second kappa shape index (κ2) is 5.34. The lowest BCUT2D eigenvalue weighted by Crippen LogP contribution is -2.12. The monoisotopic (exact) mass is 268 g/mol. The second-order valence-corrected chi connectivity index (χ2v) is 4.37. The molecule has 0 bridgehead atoms. The number of carboxylic acids is 1. The van der Waals surface area contributed by atoms with Crippen LogP contribution in [0.2, 0.25) is 0 Å². The van der Waals surface area contributed by atoms with Crippen LogP contribution in [-0.4, -0.2) is 20.6 Å². The summed E-state index contributed by atoms with van der Waals surface area (Å²) in [6.45, 7) is 1.70. The summed E-state index contributed by atoms with van der Waals surface area (Å²) in [5, 5.41) is 8.90. The molecule has 2 aromatic rings. The van der Waals surface area contributed by atoms with Gasteiger partial charge in [0, 0.05) is 18.6 Å². The van der Waals surface area contributed by atoms with Crippen LogP contribution < -0.4 is 0 Å². The Labute approximate surface area is 108 Å². The third-order valence-electron chi connectivity index (χ3n) is 2.92. The zero-order valence-corrected chi connectivity index (χ0v) is 10.5. The standard InChI is InChI=1S/C13H14F2N2O2/c1-2-3-4-12-16-10-5-8(14)9(15)6-11(10)17(12)7-13(18)19/h5-6H,2-4,7H2,1H3,(H,18,19). The fraction of sp³-hybridized carbons (Fsp3) is 0.385. The Hall–Kier alpha value is -1.98. The fourth-order valence-electron chi connectivity index (χ4n) is 2.01. The summed E-state index contributed by atoms with van der Waals surface area (Å²) in [5.41, 5.74) is 0.596. The summed E-state index contributed by atoms with van der Waals surface area (Å²) in [6, 6.07) is 1.99. The van der Waals surface area contributed by atoms with Crippen molar-refractivity contribution < 1.29 is 18.7 Å². The number of halogens is 2. The van der Waals surface area contributed by atoms with E-state index in [4.69, 9.17) is 5.11 Å². The summed E-state index contributed by atoms with van der Waals surface area (Å²) >= 11 is 0. The minimum Gasteiger partial charge on any atom is -0.480 e. The smallest absolute Gasteiger partial charge is 0.323 e. The van der Waals surface area contributed by atoms with Gasteiger partial charge in [-0.2, -0.15) is 0 Å². The van der Waals surface area contributed by atoms with Gasteiger partial charge in [0.2, 0.25) is 0 Å². The van der Waals surface area contributed by atoms with Crippen molar-refractivity contribution >= 4 is 17.0 Å². The van der Waals surface area contributed by atoms with Gasteiger partial charge >= 0.3 is 5.97 Å². The maximum Gasteiger partial charge on any atom is 0.323 e. The zero-order valence-electron chi connectivity index (χ0n) is 10.5. The van der Waals surface area contributed by atoms with Gasteiger partial charge < -0.3 is 9.67 Å². The number of unbranched alkanes of at least 4 members (excludes halogenated alkanes) is 1. The fourth-order valence-corrected chi connectivity index (χ4v) is 2.01. The van der Waals surface area contributed by atoms with Crippen molar-refractivity contribution in [3.8, 4) is 0 Å². The molecule has 6 heteroatoms. The molecule has 0 aliphatic carbocycles. The van der Waals surface area contributed by atoms with Crippen LogP contribution in [0.15, 0.2) is 12.1 Å². The largest absolute Gasteiger partial charge is 0.480 e. The van der Waals surface area contributed by atoms with Gasteiger partial charge in [0.15, 0.2) is 11.6 Å². The van der Waals surface area contributed by atoms with Crippen molar-refractivity contribution in [2.24, 2.45) is 0 Å². The third kappa shape index (κ3) is 2.72. The van der Waals surface area contributed by atoms with Crippen LogP contribution in [0.5, 0.6) is 0 Å². The maximum absolute atomic E-state index is 13.3. The van der Waals surface area contributed by atoms with Crippen LogP contribution in [0, 0.1) is 11.6 Å². The van der Waals surface area contributed by atoms with Crippen molar-refractivity contribution in [2.75, 3.05) is 0 Å². The molecule has 1 heterocycles. The lowest BCUT2D eigenvalue weighted by atomic mass is 10.2. The van der Waals surface area contributed by atoms with E-state index >= 15 is 0 Å². The number of hydrogen-bond acceptors (Lipinski definition) is 2. The maximum atomic E-state index is 13.3. The first-order valence-corrected chi connectivity index (χ1v) is 6.09. The molecular weight excluding hydrogens is 254 g/mol. The molecule has 0 aliphatic rings. The van der Waals surface area contributed by atoms with E-state index in [1.807, 2.05) is 6.92 Å². The van der Waals surface area contributed by atoms with Gasteiger partial charge in [-0.05, 0) is 6.42 Å². The molecule has 0 aliphatic heterocycles. The number of fused-ring (bicyclic) bond motifs is 1. The summed E-state index contributed by atoms with van der Waals surface area (Å²) in [5.74, 6) is -2.47. The normalized spacial score (nSPS) is 11.1. The van der Waals surface area contributed by atoms with Crippen molar-refractivity contribution in [1.29, 1.82) is 0 Å². The van der Waals surface area contributed by atoms with E-state index in [-0.39, 0.29) is 12.1 Å². The van der Waals surface area contributed by atoms with E-state index in [1.54, 1.807) is 0 Å². The molecule has 102 valence electrons. The molecule has 0 saturated carbocycles. The molecule has 19 heavy (non-hydrogen) atoms. The number of nitrogens with zero attached hydrogens (tertiary/aromatic N) is 2.